The van der Waals surface area contributed by atoms with Gasteiger partial charge in [0.2, 0.25) is 0 Å². The summed E-state index contributed by atoms with van der Waals surface area (Å²) in [4.78, 5) is 20.3. The van der Waals surface area contributed by atoms with E-state index in [1.807, 2.05) is 12.1 Å². The third-order valence-corrected chi connectivity index (χ3v) is 3.58. The lowest BCUT2D eigenvalue weighted by Crippen LogP contribution is -2.53. The average Bonchev–Trinajstić information content (AvgIpc) is 2.46. The SMILES string of the molecule is CN1C(=O)C(CN2CCNCC2)Oc2cccnc21. The van der Waals surface area contributed by atoms with Crippen LogP contribution < -0.4 is 15.0 Å². The predicted octanol–water partition coefficient (Wildman–Crippen LogP) is -0.289. The standard InChI is InChI=1S/C13H18N4O2/c1-16-12-10(3-2-4-15-12)19-11(13(16)18)9-17-7-5-14-6-8-17/h2-4,11,14H,5-9H2,1H3. The van der Waals surface area contributed by atoms with Crippen LogP contribution >= 0.6 is 0 Å². The molecular weight excluding hydrogens is 244 g/mol. The van der Waals surface area contributed by atoms with E-state index in [-0.39, 0.29) is 5.91 Å². The van der Waals surface area contributed by atoms with E-state index >= 15 is 0 Å². The third-order valence-electron chi connectivity index (χ3n) is 3.58. The zero-order chi connectivity index (χ0) is 13.2. The Bertz CT molecular complexity index is 473. The normalized spacial score (nSPS) is 23.9. The van der Waals surface area contributed by atoms with Crippen LogP contribution in [0.25, 0.3) is 0 Å². The molecule has 0 aliphatic carbocycles. The van der Waals surface area contributed by atoms with E-state index in [9.17, 15) is 4.79 Å². The van der Waals surface area contributed by atoms with Gasteiger partial charge >= 0.3 is 0 Å². The number of fused-ring (bicyclic) bond motifs is 1. The zero-order valence-corrected chi connectivity index (χ0v) is 11.0. The number of carbonyl (C=O) groups is 1. The number of hydrogen-bond donors (Lipinski definition) is 1. The lowest BCUT2D eigenvalue weighted by atomic mass is 10.2. The predicted molar refractivity (Wildman–Crippen MR) is 71.4 cm³/mol. The van der Waals surface area contributed by atoms with Crippen LogP contribution in [0.4, 0.5) is 5.82 Å². The number of pyridine rings is 1. The van der Waals surface area contributed by atoms with Gasteiger partial charge in [0.25, 0.3) is 5.91 Å². The van der Waals surface area contributed by atoms with E-state index < -0.39 is 6.10 Å². The molecule has 3 rings (SSSR count). The Hall–Kier alpha value is -1.66. The molecule has 0 radical (unpaired) electrons. The highest BCUT2D eigenvalue weighted by Crippen LogP contribution is 2.30. The molecule has 102 valence electrons. The number of ether oxygens (including phenoxy) is 1. The van der Waals surface area contributed by atoms with Crippen LogP contribution in [-0.2, 0) is 4.79 Å². The van der Waals surface area contributed by atoms with Gasteiger partial charge in [-0.15, -0.1) is 0 Å². The molecule has 0 spiro atoms. The highest BCUT2D eigenvalue weighted by atomic mass is 16.5. The minimum Gasteiger partial charge on any atom is -0.475 e. The highest BCUT2D eigenvalue weighted by Gasteiger charge is 2.34. The first-order valence-corrected chi connectivity index (χ1v) is 6.58. The molecule has 1 atom stereocenters. The second-order valence-corrected chi connectivity index (χ2v) is 4.88. The summed E-state index contributed by atoms with van der Waals surface area (Å²) in [5, 5.41) is 3.30. The number of nitrogens with one attached hydrogen (secondary N) is 1. The van der Waals surface area contributed by atoms with Crippen molar-refractivity contribution in [2.24, 2.45) is 0 Å². The van der Waals surface area contributed by atoms with E-state index in [4.69, 9.17) is 4.74 Å². The number of aromatic nitrogens is 1. The van der Waals surface area contributed by atoms with Crippen LogP contribution in [0.3, 0.4) is 0 Å². The maximum absolute atomic E-state index is 12.3. The van der Waals surface area contributed by atoms with Crippen molar-refractivity contribution in [1.82, 2.24) is 15.2 Å². The summed E-state index contributed by atoms with van der Waals surface area (Å²) in [6.07, 6.45) is 1.24. The first-order valence-electron chi connectivity index (χ1n) is 6.58. The van der Waals surface area contributed by atoms with Gasteiger partial charge in [-0.2, -0.15) is 0 Å². The molecule has 1 saturated heterocycles. The monoisotopic (exact) mass is 262 g/mol. The van der Waals surface area contributed by atoms with Crippen molar-refractivity contribution in [3.8, 4) is 5.75 Å². The molecule has 2 aliphatic heterocycles. The minimum absolute atomic E-state index is 0.0234. The Morgan fingerprint density at radius 1 is 1.47 bits per heavy atom. The van der Waals surface area contributed by atoms with Gasteiger partial charge in [-0.05, 0) is 12.1 Å². The average molecular weight is 262 g/mol. The Morgan fingerprint density at radius 3 is 3.05 bits per heavy atom. The summed E-state index contributed by atoms with van der Waals surface area (Å²) < 4.78 is 5.80. The van der Waals surface area contributed by atoms with Crippen molar-refractivity contribution >= 4 is 11.7 Å². The lowest BCUT2D eigenvalue weighted by molar-refractivity contribution is -0.127. The van der Waals surface area contributed by atoms with Gasteiger partial charge in [0, 0.05) is 46.0 Å². The number of hydrogen-bond acceptors (Lipinski definition) is 5. The molecular formula is C13H18N4O2. The number of rotatable bonds is 2. The molecule has 1 aromatic rings. The van der Waals surface area contributed by atoms with Gasteiger partial charge in [-0.3, -0.25) is 14.6 Å². The molecule has 0 saturated carbocycles. The summed E-state index contributed by atoms with van der Waals surface area (Å²) in [7, 11) is 1.75. The van der Waals surface area contributed by atoms with E-state index in [2.05, 4.69) is 15.2 Å². The van der Waals surface area contributed by atoms with E-state index in [1.165, 1.54) is 0 Å². The smallest absolute Gasteiger partial charge is 0.270 e. The Kier molecular flexibility index (Phi) is 3.35. The molecule has 0 aromatic carbocycles. The van der Waals surface area contributed by atoms with Crippen molar-refractivity contribution in [2.75, 3.05) is 44.7 Å². The van der Waals surface area contributed by atoms with Crippen LogP contribution in [0.1, 0.15) is 0 Å². The Balaban J connectivity index is 1.75. The topological polar surface area (TPSA) is 57.7 Å². The third kappa shape index (κ3) is 2.41. The van der Waals surface area contributed by atoms with Crippen LogP contribution in [0.15, 0.2) is 18.3 Å². The maximum atomic E-state index is 12.3. The molecule has 1 unspecified atom stereocenters. The lowest BCUT2D eigenvalue weighted by Gasteiger charge is -2.35. The second-order valence-electron chi connectivity index (χ2n) is 4.88. The molecule has 1 fully saturated rings. The fourth-order valence-corrected chi connectivity index (χ4v) is 2.49. The largest absolute Gasteiger partial charge is 0.475 e. The summed E-state index contributed by atoms with van der Waals surface area (Å²) >= 11 is 0. The van der Waals surface area contributed by atoms with Crippen molar-refractivity contribution in [3.05, 3.63) is 18.3 Å². The molecule has 2 aliphatic rings. The van der Waals surface area contributed by atoms with Crippen molar-refractivity contribution < 1.29 is 9.53 Å². The van der Waals surface area contributed by atoms with Gasteiger partial charge in [0.1, 0.15) is 0 Å². The zero-order valence-electron chi connectivity index (χ0n) is 11.0. The van der Waals surface area contributed by atoms with Crippen LogP contribution in [0, 0.1) is 0 Å². The summed E-state index contributed by atoms with van der Waals surface area (Å²) in [6.45, 7) is 4.48. The van der Waals surface area contributed by atoms with Gasteiger partial charge in [0.05, 0.1) is 0 Å². The molecule has 3 heterocycles. The quantitative estimate of drug-likeness (QED) is 0.794. The summed E-state index contributed by atoms with van der Waals surface area (Å²) in [5.41, 5.74) is 0. The number of piperazine rings is 1. The van der Waals surface area contributed by atoms with Gasteiger partial charge < -0.3 is 10.1 Å². The van der Waals surface area contributed by atoms with Crippen molar-refractivity contribution in [1.29, 1.82) is 0 Å². The van der Waals surface area contributed by atoms with Crippen molar-refractivity contribution in [3.63, 3.8) is 0 Å². The Morgan fingerprint density at radius 2 is 2.26 bits per heavy atom. The van der Waals surface area contributed by atoms with Crippen molar-refractivity contribution in [2.45, 2.75) is 6.10 Å². The second kappa shape index (κ2) is 5.14. The molecule has 1 aromatic heterocycles. The number of nitrogens with zero attached hydrogens (tertiary/aromatic N) is 3. The molecule has 6 nitrogen and oxygen atoms in total. The molecule has 1 amide bonds. The fourth-order valence-electron chi connectivity index (χ4n) is 2.49. The fraction of sp³-hybridized carbons (Fsp3) is 0.538. The highest BCUT2D eigenvalue weighted by molar-refractivity contribution is 5.98. The minimum atomic E-state index is -0.431. The van der Waals surface area contributed by atoms with Crippen LogP contribution in [-0.4, -0.2) is 61.7 Å². The van der Waals surface area contributed by atoms with Crippen LogP contribution in [0.5, 0.6) is 5.75 Å². The van der Waals surface area contributed by atoms with Gasteiger partial charge in [0.15, 0.2) is 17.7 Å². The van der Waals surface area contributed by atoms with E-state index in [0.29, 0.717) is 18.1 Å². The van der Waals surface area contributed by atoms with E-state index in [0.717, 1.165) is 26.2 Å². The molecule has 1 N–H and O–H groups in total. The summed E-state index contributed by atoms with van der Waals surface area (Å²) in [5.74, 6) is 1.26. The maximum Gasteiger partial charge on any atom is 0.270 e. The molecule has 6 heteroatoms. The number of amides is 1. The first kappa shape index (κ1) is 12.4. The first-order chi connectivity index (χ1) is 9.25. The number of anilines is 1. The molecule has 19 heavy (non-hydrogen) atoms. The van der Waals surface area contributed by atoms with E-state index in [1.54, 1.807) is 18.1 Å². The van der Waals surface area contributed by atoms with Crippen LogP contribution in [0.2, 0.25) is 0 Å². The number of likely N-dealkylation sites (N-methyl/N-ethyl adjacent to an activating group) is 1. The van der Waals surface area contributed by atoms with Gasteiger partial charge in [-0.25, -0.2) is 4.98 Å². The summed E-state index contributed by atoms with van der Waals surface area (Å²) in [6, 6.07) is 3.68. The van der Waals surface area contributed by atoms with Gasteiger partial charge in [-0.1, -0.05) is 0 Å². The Labute approximate surface area is 112 Å². The number of carbonyl (C=O) groups excluding carboxylic acids is 1. The molecule has 0 bridgehead atoms.